The molecule has 30 heteroatoms. The zero-order chi connectivity index (χ0) is 69.0. The average molecular weight is 1450 g/mol. The molecule has 490 valence electrons. The number of aliphatic hydroxyl groups is 1. The molecule has 0 spiro atoms. The molecule has 0 aliphatic rings. The molecule has 0 unspecified atom stereocenters. The number of hydrogen-bond donors (Lipinski definition) is 4. The molecule has 0 bridgehead atoms. The summed E-state index contributed by atoms with van der Waals surface area (Å²) < 4.78 is 51.1. The summed E-state index contributed by atoms with van der Waals surface area (Å²) in [4.78, 5) is 64.8. The molecule has 0 fully saturated rings. The zero-order valence-electron chi connectivity index (χ0n) is 51.9. The van der Waals surface area contributed by atoms with Crippen LogP contribution < -0.4 is 10.3 Å². The van der Waals surface area contributed by atoms with E-state index in [9.17, 15) is 26.4 Å². The lowest BCUT2D eigenvalue weighted by Crippen LogP contribution is -2.12. The third-order valence-electron chi connectivity index (χ3n) is 14.0. The van der Waals surface area contributed by atoms with Crippen molar-refractivity contribution in [2.45, 2.75) is 69.8 Å². The highest BCUT2D eigenvalue weighted by Crippen LogP contribution is 2.29. The van der Waals surface area contributed by atoms with Crippen LogP contribution in [0.25, 0.3) is 77.0 Å². The van der Waals surface area contributed by atoms with Crippen LogP contribution >= 0.6 is 50.7 Å². The Morgan fingerprint density at radius 3 is 1.49 bits per heavy atom. The maximum Gasteiger partial charge on any atom is 0.341 e. The minimum absolute atomic E-state index is 0.0934. The number of nitrogens with zero attached hydrogens (tertiary/aromatic N) is 13. The lowest BCUT2D eigenvalue weighted by Gasteiger charge is -2.07. The van der Waals surface area contributed by atoms with Crippen molar-refractivity contribution in [1.29, 1.82) is 0 Å². The molecule has 12 heterocycles. The molecule has 0 aliphatic carbocycles. The molecule has 0 saturated heterocycles. The number of pyridine rings is 10. The van der Waals surface area contributed by atoms with Gasteiger partial charge in [0.2, 0.25) is 20.0 Å². The van der Waals surface area contributed by atoms with Crippen molar-refractivity contribution in [3.05, 3.63) is 224 Å². The maximum absolute atomic E-state index is 11.6. The molecule has 12 aromatic heterocycles. The van der Waals surface area contributed by atoms with Crippen LogP contribution in [0.15, 0.2) is 162 Å². The molecule has 24 nitrogen and oxygen atoms in total. The molecule has 6 N–H and O–H groups in total. The number of aryl methyl sites for hydroxylation is 5. The number of esters is 1. The summed E-state index contributed by atoms with van der Waals surface area (Å²) in [6.45, 7) is 12.0. The van der Waals surface area contributed by atoms with Gasteiger partial charge in [-0.25, -0.2) is 81.7 Å². The summed E-state index contributed by atoms with van der Waals surface area (Å²) in [7, 11) is -7.23. The minimum atomic E-state index is -3.69. The third-order valence-corrected chi connectivity index (χ3v) is 17.8. The number of rotatable bonds is 9. The highest BCUT2D eigenvalue weighted by atomic mass is 79.9. The normalized spacial score (nSPS) is 11.2. The second-order valence-corrected chi connectivity index (χ2v) is 25.9. The van der Waals surface area contributed by atoms with Crippen molar-refractivity contribution in [3.8, 4) is 0 Å². The number of aldehydes is 1. The van der Waals surface area contributed by atoms with Gasteiger partial charge in [0.1, 0.15) is 0 Å². The van der Waals surface area contributed by atoms with Crippen LogP contribution in [0, 0.1) is 34.6 Å². The van der Waals surface area contributed by atoms with E-state index in [1.165, 1.54) is 36.7 Å². The van der Waals surface area contributed by atoms with Gasteiger partial charge in [-0.2, -0.15) is 10.2 Å². The molecular formula is C66H58BrCl3N16O8S2. The monoisotopic (exact) mass is 1450 g/mol. The number of primary sulfonamides is 2. The number of aliphatic hydroxyl groups excluding tert-OH is 1. The Balaban J connectivity index is 0.000000138. The highest BCUT2D eigenvalue weighted by Gasteiger charge is 2.17. The summed E-state index contributed by atoms with van der Waals surface area (Å²) in [6.07, 6.45) is 12.2. The van der Waals surface area contributed by atoms with Crippen molar-refractivity contribution < 1.29 is 36.3 Å². The number of halogens is 4. The topological polar surface area (TPSA) is 359 Å². The van der Waals surface area contributed by atoms with Crippen LogP contribution in [0.3, 0.4) is 0 Å². The Morgan fingerprint density at radius 2 is 0.990 bits per heavy atom. The summed E-state index contributed by atoms with van der Waals surface area (Å²) in [5.41, 5.74) is 12.9. The standard InChI is InChI=1S/C17H15N5O2S.C12H11ClN2O2.C10H9ClN2O.C10H7ClN2O.C10H8N4.C7H8BrNO2S/c1-11-2-7-15-16-13(8-19-17(15)21-11)9-20-22(16)10-12-3-5-14(6-4-12)25(18,23)24;1-3-17-12(16)9-6-14-11-8(10(9)13)5-4-7(2)15-11;2*1-6-2-3-8-9(11)7(5-14)4-12-10(8)13-6;1-6-2-3-8-9-7(5-12-14-9)4-11-10(8)13-6;8-5-6-1-3-7(4-2-6)12(9,10)11/h2-9H,10H2,1H3,(H2,18,23,24);4-6H,3H2,1-2H3;2-4,14H,5H2,1H3;2-5H,1H3;2-5H,1H3,(H,12,14);1-4H,5H2,(H2,9,10,11). The Hall–Kier alpha value is -9.55. The number of alkyl halides is 1. The van der Waals surface area contributed by atoms with E-state index in [1.54, 1.807) is 68.2 Å². The molecule has 0 amide bonds. The Kier molecular flexibility index (Phi) is 23.1. The van der Waals surface area contributed by atoms with Gasteiger partial charge in [0.05, 0.1) is 79.2 Å². The Labute approximate surface area is 572 Å². The number of aromatic nitrogens is 14. The number of aromatic amines is 1. The van der Waals surface area contributed by atoms with Crippen LogP contribution in [-0.4, -0.2) is 111 Å². The molecule has 14 aromatic rings. The predicted octanol–water partition coefficient (Wildman–Crippen LogP) is 12.3. The van der Waals surface area contributed by atoms with Gasteiger partial charge in [0.25, 0.3) is 0 Å². The molecule has 0 radical (unpaired) electrons. The summed E-state index contributed by atoms with van der Waals surface area (Å²) in [6, 6.07) is 31.8. The van der Waals surface area contributed by atoms with E-state index in [-0.39, 0.29) is 22.0 Å². The van der Waals surface area contributed by atoms with Gasteiger partial charge >= 0.3 is 5.97 Å². The fourth-order valence-electron chi connectivity index (χ4n) is 9.19. The second kappa shape index (κ2) is 31.3. The number of nitrogens with two attached hydrogens (primary N) is 2. The first-order chi connectivity index (χ1) is 45.9. The fourth-order valence-corrected chi connectivity index (χ4v) is 11.4. The van der Waals surface area contributed by atoms with Crippen molar-refractivity contribution >= 4 is 160 Å². The van der Waals surface area contributed by atoms with E-state index in [4.69, 9.17) is 54.9 Å². The number of hydrogen-bond acceptors (Lipinski definition) is 20. The van der Waals surface area contributed by atoms with Crippen molar-refractivity contribution in [2.75, 3.05) is 6.61 Å². The molecule has 96 heavy (non-hydrogen) atoms. The zero-order valence-corrected chi connectivity index (χ0v) is 57.4. The quantitative estimate of drug-likeness (QED) is 0.0592. The summed E-state index contributed by atoms with van der Waals surface area (Å²) in [5, 5.41) is 38.4. The van der Waals surface area contributed by atoms with E-state index in [0.717, 1.165) is 83.2 Å². The third kappa shape index (κ3) is 17.3. The lowest BCUT2D eigenvalue weighted by molar-refractivity contribution is 0.0526. The van der Waals surface area contributed by atoms with Gasteiger partial charge in [0.15, 0.2) is 34.5 Å². The predicted molar refractivity (Wildman–Crippen MR) is 374 cm³/mol. The minimum Gasteiger partial charge on any atom is -0.462 e. The molecule has 2 aromatic carbocycles. The van der Waals surface area contributed by atoms with E-state index < -0.39 is 26.0 Å². The van der Waals surface area contributed by atoms with Gasteiger partial charge in [-0.1, -0.05) is 75.0 Å². The maximum atomic E-state index is 11.6. The van der Waals surface area contributed by atoms with Gasteiger partial charge in [-0.3, -0.25) is 14.6 Å². The number of benzene rings is 2. The van der Waals surface area contributed by atoms with Gasteiger partial charge in [-0.15, -0.1) is 0 Å². The lowest BCUT2D eigenvalue weighted by atomic mass is 10.2. The second-order valence-electron chi connectivity index (χ2n) is 21.1. The van der Waals surface area contributed by atoms with Gasteiger partial charge < -0.3 is 9.84 Å². The number of ether oxygens (including phenoxy) is 1. The summed E-state index contributed by atoms with van der Waals surface area (Å²) in [5.74, 6) is -0.465. The number of carbonyl (C=O) groups excluding carboxylic acids is 2. The Morgan fingerprint density at radius 1 is 0.552 bits per heavy atom. The molecule has 0 saturated carbocycles. The smallest absolute Gasteiger partial charge is 0.341 e. The first-order valence-corrected chi connectivity index (χ1v) is 34.1. The van der Waals surface area contributed by atoms with E-state index in [2.05, 4.69) is 81.1 Å². The van der Waals surface area contributed by atoms with Crippen molar-refractivity contribution in [3.63, 3.8) is 0 Å². The molecule has 0 aliphatic heterocycles. The number of fused-ring (bicyclic) bond motifs is 9. The van der Waals surface area contributed by atoms with E-state index >= 15 is 0 Å². The van der Waals surface area contributed by atoms with Crippen molar-refractivity contribution in [2.24, 2.45) is 10.3 Å². The van der Waals surface area contributed by atoms with Crippen LogP contribution in [0.1, 0.15) is 72.8 Å². The van der Waals surface area contributed by atoms with Crippen LogP contribution in [0.5, 0.6) is 0 Å². The largest absolute Gasteiger partial charge is 0.462 e. The first kappa shape index (κ1) is 70.8. The average Bonchev–Trinajstić information content (AvgIpc) is 1.59. The van der Waals surface area contributed by atoms with Gasteiger partial charge in [-0.05, 0) is 138 Å². The van der Waals surface area contributed by atoms with E-state index in [1.807, 2.05) is 93.9 Å². The summed E-state index contributed by atoms with van der Waals surface area (Å²) >= 11 is 21.4. The molecule has 14 rings (SSSR count). The van der Waals surface area contributed by atoms with Crippen molar-refractivity contribution in [1.82, 2.24) is 69.8 Å². The number of H-pyrrole nitrogens is 1. The fraction of sp³-hybridized carbons (Fsp3) is 0.152. The highest BCUT2D eigenvalue weighted by molar-refractivity contribution is 9.08. The molecule has 0 atom stereocenters. The van der Waals surface area contributed by atoms with E-state index in [0.29, 0.717) is 84.3 Å². The number of carbonyl (C=O) groups is 2. The molecular weight excluding hydrogens is 1400 g/mol. The first-order valence-electron chi connectivity index (χ1n) is 28.8. The Bertz CT molecular complexity index is 5450. The van der Waals surface area contributed by atoms with Gasteiger partial charge in [0, 0.05) is 108 Å². The SMILES string of the molecule is CCOC(=O)c1cnc2nc(C)ccc2c1Cl.Cc1ccc2c(Cl)c(C=O)cnc2n1.Cc1ccc2c(Cl)c(CO)cnc2n1.Cc1ccc2c(ncc3cn[nH]c32)n1.Cc1ccc2c(ncc3cnn(Cc4ccc(S(N)(=O)=O)cc4)c32)n1.NS(=O)(=O)c1ccc(CBr)cc1. The van der Waals surface area contributed by atoms with Crippen LogP contribution in [0.2, 0.25) is 15.1 Å². The number of sulfonamides is 2. The van der Waals surface area contributed by atoms with Crippen LogP contribution in [0.4, 0.5) is 0 Å². The van der Waals surface area contributed by atoms with Crippen LogP contribution in [-0.2, 0) is 43.3 Å². The number of nitrogens with one attached hydrogen (secondary N) is 1.